The van der Waals surface area contributed by atoms with Crippen LogP contribution in [-0.2, 0) is 12.8 Å². The van der Waals surface area contributed by atoms with Gasteiger partial charge in [-0.3, -0.25) is 0 Å². The topological polar surface area (TPSA) is 0 Å². The Bertz CT molecular complexity index is 499. The zero-order chi connectivity index (χ0) is 14.9. The summed E-state index contributed by atoms with van der Waals surface area (Å²) >= 11 is 0. The Balaban J connectivity index is 1.63. The molecule has 1 aromatic rings. The van der Waals surface area contributed by atoms with Crippen LogP contribution in [0.1, 0.15) is 56.6 Å². The second kappa shape index (κ2) is 8.67. The van der Waals surface area contributed by atoms with Gasteiger partial charge in [0.05, 0.1) is 0 Å². The molecule has 0 aliphatic heterocycles. The minimum absolute atomic E-state index is 1.00. The van der Waals surface area contributed by atoms with Gasteiger partial charge in [-0.1, -0.05) is 66.6 Å². The molecular weight excluding hydrogens is 252 g/mol. The third kappa shape index (κ3) is 6.16. The SMILES string of the molecule is C=C(C)Cc1ccc(CCCCCC2=CCCC=C2)cc1. The van der Waals surface area contributed by atoms with Crippen LogP contribution in [-0.4, -0.2) is 0 Å². The Morgan fingerprint density at radius 1 is 0.952 bits per heavy atom. The van der Waals surface area contributed by atoms with Gasteiger partial charge in [-0.2, -0.15) is 0 Å². The molecule has 0 saturated heterocycles. The van der Waals surface area contributed by atoms with E-state index < -0.39 is 0 Å². The van der Waals surface area contributed by atoms with Crippen LogP contribution in [0, 0.1) is 0 Å². The standard InChI is InChI=1S/C21H28/c1-18(2)17-21-15-13-20(14-16-21)12-8-4-7-11-19-9-5-3-6-10-19/h5,9-10,13-16H,1,3-4,6-8,11-12,17H2,2H3. The predicted octanol–water partition coefficient (Wildman–Crippen LogP) is 6.18. The molecular formula is C21H28. The van der Waals surface area contributed by atoms with E-state index in [2.05, 4.69) is 56.0 Å². The van der Waals surface area contributed by atoms with Crippen LogP contribution in [0.4, 0.5) is 0 Å². The molecule has 2 rings (SSSR count). The Morgan fingerprint density at radius 3 is 2.33 bits per heavy atom. The second-order valence-electron chi connectivity index (χ2n) is 6.27. The lowest BCUT2D eigenvalue weighted by atomic mass is 9.99. The zero-order valence-electron chi connectivity index (χ0n) is 13.4. The van der Waals surface area contributed by atoms with Crippen LogP contribution in [0.25, 0.3) is 0 Å². The molecule has 112 valence electrons. The highest BCUT2D eigenvalue weighted by Crippen LogP contribution is 2.17. The molecule has 0 heterocycles. The number of unbranched alkanes of at least 4 members (excludes halogenated alkanes) is 2. The van der Waals surface area contributed by atoms with E-state index in [0.717, 1.165) is 6.42 Å². The van der Waals surface area contributed by atoms with Crippen molar-refractivity contribution in [3.63, 3.8) is 0 Å². The first kappa shape index (κ1) is 15.8. The summed E-state index contributed by atoms with van der Waals surface area (Å²) in [7, 11) is 0. The van der Waals surface area contributed by atoms with Crippen molar-refractivity contribution < 1.29 is 0 Å². The lowest BCUT2D eigenvalue weighted by Gasteiger charge is -2.07. The van der Waals surface area contributed by atoms with Gasteiger partial charge in [0.2, 0.25) is 0 Å². The molecule has 1 aromatic carbocycles. The Labute approximate surface area is 130 Å². The van der Waals surface area contributed by atoms with Crippen LogP contribution in [0.5, 0.6) is 0 Å². The number of allylic oxidation sites excluding steroid dienone is 5. The third-order valence-corrected chi connectivity index (χ3v) is 4.03. The predicted molar refractivity (Wildman–Crippen MR) is 93.6 cm³/mol. The van der Waals surface area contributed by atoms with E-state index in [0.29, 0.717) is 0 Å². The number of benzene rings is 1. The van der Waals surface area contributed by atoms with E-state index in [9.17, 15) is 0 Å². The van der Waals surface area contributed by atoms with Gasteiger partial charge in [-0.25, -0.2) is 0 Å². The van der Waals surface area contributed by atoms with Crippen LogP contribution in [0.15, 0.2) is 60.2 Å². The first-order valence-electron chi connectivity index (χ1n) is 8.32. The largest absolute Gasteiger partial charge is 0.0998 e. The van der Waals surface area contributed by atoms with Crippen molar-refractivity contribution in [2.75, 3.05) is 0 Å². The second-order valence-corrected chi connectivity index (χ2v) is 6.27. The quantitative estimate of drug-likeness (QED) is 0.394. The van der Waals surface area contributed by atoms with Gasteiger partial charge in [0.1, 0.15) is 0 Å². The molecule has 0 radical (unpaired) electrons. The molecule has 1 aliphatic rings. The van der Waals surface area contributed by atoms with Crippen molar-refractivity contribution in [1.29, 1.82) is 0 Å². The first-order chi connectivity index (χ1) is 10.2. The van der Waals surface area contributed by atoms with Gasteiger partial charge in [0.15, 0.2) is 0 Å². The molecule has 21 heavy (non-hydrogen) atoms. The average Bonchev–Trinajstić information content (AvgIpc) is 2.49. The summed E-state index contributed by atoms with van der Waals surface area (Å²) in [6.07, 6.45) is 16.9. The maximum absolute atomic E-state index is 3.97. The van der Waals surface area contributed by atoms with Crippen LogP contribution < -0.4 is 0 Å². The zero-order valence-corrected chi connectivity index (χ0v) is 13.4. The summed E-state index contributed by atoms with van der Waals surface area (Å²) in [5.74, 6) is 0. The minimum Gasteiger partial charge on any atom is -0.0998 e. The molecule has 0 saturated carbocycles. The van der Waals surface area contributed by atoms with Crippen LogP contribution in [0.3, 0.4) is 0 Å². The van der Waals surface area contributed by atoms with Gasteiger partial charge < -0.3 is 0 Å². The molecule has 0 heteroatoms. The molecule has 1 aliphatic carbocycles. The number of rotatable bonds is 8. The van der Waals surface area contributed by atoms with E-state index in [1.54, 1.807) is 5.57 Å². The lowest BCUT2D eigenvalue weighted by molar-refractivity contribution is 0.677. The van der Waals surface area contributed by atoms with Gasteiger partial charge in [0.25, 0.3) is 0 Å². The Hall–Kier alpha value is -1.56. The molecule has 0 fully saturated rings. The minimum atomic E-state index is 1.00. The molecule has 0 N–H and O–H groups in total. The van der Waals surface area contributed by atoms with Crippen LogP contribution >= 0.6 is 0 Å². The van der Waals surface area contributed by atoms with Crippen molar-refractivity contribution in [2.24, 2.45) is 0 Å². The summed E-state index contributed by atoms with van der Waals surface area (Å²) in [5.41, 5.74) is 5.62. The highest BCUT2D eigenvalue weighted by molar-refractivity contribution is 5.25. The molecule has 0 aromatic heterocycles. The fourth-order valence-electron chi connectivity index (χ4n) is 2.86. The van der Waals surface area contributed by atoms with Gasteiger partial charge in [-0.15, -0.1) is 0 Å². The average molecular weight is 280 g/mol. The highest BCUT2D eigenvalue weighted by atomic mass is 14.0. The Kier molecular flexibility index (Phi) is 6.53. The summed E-state index contributed by atoms with van der Waals surface area (Å²) in [4.78, 5) is 0. The van der Waals surface area contributed by atoms with Gasteiger partial charge in [0, 0.05) is 0 Å². The van der Waals surface area contributed by atoms with Gasteiger partial charge >= 0.3 is 0 Å². The fraction of sp³-hybridized carbons (Fsp3) is 0.429. The highest BCUT2D eigenvalue weighted by Gasteiger charge is 1.99. The fourth-order valence-corrected chi connectivity index (χ4v) is 2.86. The first-order valence-corrected chi connectivity index (χ1v) is 8.32. The normalized spacial score (nSPS) is 14.0. The van der Waals surface area contributed by atoms with E-state index in [4.69, 9.17) is 0 Å². The van der Waals surface area contributed by atoms with Gasteiger partial charge in [-0.05, 0) is 63.0 Å². The summed E-state index contributed by atoms with van der Waals surface area (Å²) in [6, 6.07) is 9.07. The summed E-state index contributed by atoms with van der Waals surface area (Å²) in [6.45, 7) is 6.06. The van der Waals surface area contributed by atoms with E-state index in [1.807, 2.05) is 0 Å². The lowest BCUT2D eigenvalue weighted by Crippen LogP contribution is -1.90. The Morgan fingerprint density at radius 2 is 1.67 bits per heavy atom. The van der Waals surface area contributed by atoms with Crippen molar-refractivity contribution in [3.8, 4) is 0 Å². The monoisotopic (exact) mass is 280 g/mol. The van der Waals surface area contributed by atoms with Crippen molar-refractivity contribution >= 4 is 0 Å². The summed E-state index contributed by atoms with van der Waals surface area (Å²) < 4.78 is 0. The van der Waals surface area contributed by atoms with Crippen LogP contribution in [0.2, 0.25) is 0 Å². The summed E-state index contributed by atoms with van der Waals surface area (Å²) in [5, 5.41) is 0. The van der Waals surface area contributed by atoms with Crippen molar-refractivity contribution in [3.05, 3.63) is 71.3 Å². The number of aryl methyl sites for hydroxylation is 1. The molecule has 0 bridgehead atoms. The molecule has 0 amide bonds. The number of hydrogen-bond acceptors (Lipinski definition) is 0. The van der Waals surface area contributed by atoms with Crippen molar-refractivity contribution in [2.45, 2.75) is 58.3 Å². The molecule has 0 atom stereocenters. The van der Waals surface area contributed by atoms with Crippen molar-refractivity contribution in [1.82, 2.24) is 0 Å². The van der Waals surface area contributed by atoms with E-state index in [1.165, 1.54) is 61.6 Å². The molecule has 0 unspecified atom stereocenters. The maximum Gasteiger partial charge on any atom is -0.00726 e. The smallest absolute Gasteiger partial charge is 0.00726 e. The number of hydrogen-bond donors (Lipinski definition) is 0. The molecule has 0 spiro atoms. The van der Waals surface area contributed by atoms with E-state index in [-0.39, 0.29) is 0 Å². The maximum atomic E-state index is 3.97. The third-order valence-electron chi connectivity index (χ3n) is 4.03. The van der Waals surface area contributed by atoms with E-state index >= 15 is 0 Å². The molecule has 0 nitrogen and oxygen atoms in total.